The van der Waals surface area contributed by atoms with Crippen LogP contribution in [0, 0.1) is 0 Å². The number of amides is 1. The lowest BCUT2D eigenvalue weighted by Gasteiger charge is -2.25. The summed E-state index contributed by atoms with van der Waals surface area (Å²) in [6.07, 6.45) is 1.14. The molecule has 1 rings (SSSR count). The number of allylic oxidation sites excluding steroid dienone is 1. The van der Waals surface area contributed by atoms with E-state index in [0.29, 0.717) is 13.1 Å². The zero-order valence-corrected chi connectivity index (χ0v) is 8.95. The van der Waals surface area contributed by atoms with Gasteiger partial charge in [-0.2, -0.15) is 0 Å². The fourth-order valence-corrected chi connectivity index (χ4v) is 1.56. The molecule has 1 amide bonds. The Kier molecular flexibility index (Phi) is 3.66. The minimum Gasteiger partial charge on any atom is -0.390 e. The van der Waals surface area contributed by atoms with Gasteiger partial charge in [-0.25, -0.2) is 0 Å². The summed E-state index contributed by atoms with van der Waals surface area (Å²) in [4.78, 5) is 13.2. The second kappa shape index (κ2) is 4.57. The summed E-state index contributed by atoms with van der Waals surface area (Å²) in [5.41, 5.74) is 0.974. The molecule has 0 unspecified atom stereocenters. The van der Waals surface area contributed by atoms with E-state index in [0.717, 1.165) is 5.57 Å². The average molecular weight is 198 g/mol. The number of carbonyl (C=O) groups is 1. The number of nitrogens with one attached hydrogen (secondary N) is 1. The highest BCUT2D eigenvalue weighted by molar-refractivity contribution is 5.88. The minimum absolute atomic E-state index is 0.0437. The molecule has 0 aromatic carbocycles. The summed E-state index contributed by atoms with van der Waals surface area (Å²) in [6.45, 7) is 5.00. The fourth-order valence-electron chi connectivity index (χ4n) is 1.56. The molecule has 1 aliphatic rings. The molecule has 2 atom stereocenters. The number of hydrogen-bond donors (Lipinski definition) is 2. The number of rotatable bonds is 2. The molecule has 1 aliphatic heterocycles. The van der Waals surface area contributed by atoms with Gasteiger partial charge in [-0.05, 0) is 13.8 Å². The first kappa shape index (κ1) is 11.2. The maximum Gasteiger partial charge on any atom is 0.246 e. The van der Waals surface area contributed by atoms with Gasteiger partial charge in [0.05, 0.1) is 12.1 Å². The molecule has 14 heavy (non-hydrogen) atoms. The normalized spacial score (nSPS) is 26.0. The molecule has 0 aromatic rings. The molecule has 4 nitrogen and oxygen atoms in total. The number of carbonyl (C=O) groups excluding carboxylic acids is 1. The summed E-state index contributed by atoms with van der Waals surface area (Å²) in [5.74, 6) is -0.0437. The second-order valence-corrected chi connectivity index (χ2v) is 3.96. The first-order valence-electron chi connectivity index (χ1n) is 4.83. The zero-order valence-electron chi connectivity index (χ0n) is 8.95. The summed E-state index contributed by atoms with van der Waals surface area (Å²) in [7, 11) is 1.72. The van der Waals surface area contributed by atoms with Crippen LogP contribution in [0.5, 0.6) is 0 Å². The molecule has 0 bridgehead atoms. The summed E-state index contributed by atoms with van der Waals surface area (Å²) in [6, 6.07) is -0.0990. The Hall–Kier alpha value is -0.870. The van der Waals surface area contributed by atoms with Crippen molar-refractivity contribution in [2.75, 3.05) is 20.1 Å². The van der Waals surface area contributed by atoms with Gasteiger partial charge in [-0.15, -0.1) is 0 Å². The number of β-amino-alcohol motifs (C(OH)–C–C–N with tert-alkyl or cyclic N) is 1. The van der Waals surface area contributed by atoms with Crippen molar-refractivity contribution >= 4 is 5.91 Å². The van der Waals surface area contributed by atoms with Crippen LogP contribution in [-0.4, -0.2) is 48.2 Å². The molecule has 4 heteroatoms. The first-order chi connectivity index (χ1) is 6.52. The van der Waals surface area contributed by atoms with Crippen molar-refractivity contribution in [2.24, 2.45) is 0 Å². The van der Waals surface area contributed by atoms with Crippen molar-refractivity contribution in [3.8, 4) is 0 Å². The van der Waals surface area contributed by atoms with Gasteiger partial charge in [-0.3, -0.25) is 4.79 Å². The first-order valence-corrected chi connectivity index (χ1v) is 4.83. The Labute approximate surface area is 84.6 Å². The lowest BCUT2D eigenvalue weighted by Crippen LogP contribution is -2.43. The zero-order chi connectivity index (χ0) is 10.7. The van der Waals surface area contributed by atoms with Gasteiger partial charge in [0.2, 0.25) is 5.91 Å². The summed E-state index contributed by atoms with van der Waals surface area (Å²) >= 11 is 0. The fraction of sp³-hybridized carbons (Fsp3) is 0.700. The van der Waals surface area contributed by atoms with Crippen LogP contribution < -0.4 is 5.32 Å². The number of likely N-dealkylation sites (N-methyl/N-ethyl adjacent to an activating group) is 1. The lowest BCUT2D eigenvalue weighted by atomic mass is 10.2. The van der Waals surface area contributed by atoms with Gasteiger partial charge in [0.25, 0.3) is 0 Å². The van der Waals surface area contributed by atoms with Gasteiger partial charge in [0.15, 0.2) is 0 Å². The van der Waals surface area contributed by atoms with Crippen molar-refractivity contribution in [3.05, 3.63) is 11.6 Å². The van der Waals surface area contributed by atoms with Gasteiger partial charge < -0.3 is 15.3 Å². The van der Waals surface area contributed by atoms with Crippen LogP contribution in [0.3, 0.4) is 0 Å². The third-order valence-electron chi connectivity index (χ3n) is 2.41. The molecule has 0 aliphatic carbocycles. The third-order valence-corrected chi connectivity index (χ3v) is 2.41. The van der Waals surface area contributed by atoms with Crippen molar-refractivity contribution in [1.82, 2.24) is 10.2 Å². The van der Waals surface area contributed by atoms with Crippen molar-refractivity contribution in [1.29, 1.82) is 0 Å². The molecule has 1 saturated heterocycles. The molecule has 2 N–H and O–H groups in total. The highest BCUT2D eigenvalue weighted by Crippen LogP contribution is 2.08. The summed E-state index contributed by atoms with van der Waals surface area (Å²) in [5, 5.41) is 12.6. The van der Waals surface area contributed by atoms with E-state index in [9.17, 15) is 9.90 Å². The second-order valence-electron chi connectivity index (χ2n) is 3.96. The molecule has 0 aromatic heterocycles. The van der Waals surface area contributed by atoms with E-state index in [-0.39, 0.29) is 11.9 Å². The Morgan fingerprint density at radius 3 is 2.57 bits per heavy atom. The number of nitrogens with zero attached hydrogens (tertiary/aromatic N) is 1. The largest absolute Gasteiger partial charge is 0.390 e. The van der Waals surface area contributed by atoms with Crippen LogP contribution in [0.15, 0.2) is 11.6 Å². The van der Waals surface area contributed by atoms with E-state index in [2.05, 4.69) is 5.32 Å². The van der Waals surface area contributed by atoms with Gasteiger partial charge in [0.1, 0.15) is 0 Å². The van der Waals surface area contributed by atoms with Crippen molar-refractivity contribution in [3.63, 3.8) is 0 Å². The number of hydrogen-bond acceptors (Lipinski definition) is 3. The molecule has 0 spiro atoms. The molecule has 0 radical (unpaired) electrons. The van der Waals surface area contributed by atoms with Crippen LogP contribution in [0.2, 0.25) is 0 Å². The smallest absolute Gasteiger partial charge is 0.246 e. The van der Waals surface area contributed by atoms with E-state index in [1.54, 1.807) is 18.0 Å². The van der Waals surface area contributed by atoms with E-state index < -0.39 is 6.10 Å². The van der Waals surface area contributed by atoms with Crippen LogP contribution in [0.4, 0.5) is 0 Å². The van der Waals surface area contributed by atoms with Crippen molar-refractivity contribution < 1.29 is 9.90 Å². The van der Waals surface area contributed by atoms with Crippen LogP contribution >= 0.6 is 0 Å². The highest BCUT2D eigenvalue weighted by atomic mass is 16.3. The SMILES string of the molecule is CC(C)=CC(=O)N(C)[C@@H]1CNC[C@H]1O. The Morgan fingerprint density at radius 2 is 2.14 bits per heavy atom. The lowest BCUT2D eigenvalue weighted by molar-refractivity contribution is -0.128. The molecular weight excluding hydrogens is 180 g/mol. The Morgan fingerprint density at radius 1 is 1.50 bits per heavy atom. The topological polar surface area (TPSA) is 52.6 Å². The van der Waals surface area contributed by atoms with Crippen LogP contribution in [0.1, 0.15) is 13.8 Å². The minimum atomic E-state index is -0.450. The van der Waals surface area contributed by atoms with Crippen LogP contribution in [0.25, 0.3) is 0 Å². The predicted molar refractivity (Wildman–Crippen MR) is 54.9 cm³/mol. The molecule has 1 fully saturated rings. The maximum absolute atomic E-state index is 11.6. The van der Waals surface area contributed by atoms with E-state index in [1.165, 1.54) is 0 Å². The third kappa shape index (κ3) is 2.56. The van der Waals surface area contributed by atoms with Gasteiger partial charge >= 0.3 is 0 Å². The van der Waals surface area contributed by atoms with E-state index >= 15 is 0 Å². The Balaban J connectivity index is 2.60. The molecule has 1 heterocycles. The van der Waals surface area contributed by atoms with Crippen LogP contribution in [-0.2, 0) is 4.79 Å². The average Bonchev–Trinajstić information content (AvgIpc) is 2.48. The van der Waals surface area contributed by atoms with Gasteiger partial charge in [-0.1, -0.05) is 5.57 Å². The number of aliphatic hydroxyl groups excluding tert-OH is 1. The molecular formula is C10H18N2O2. The monoisotopic (exact) mass is 198 g/mol. The molecule has 0 saturated carbocycles. The Bertz CT molecular complexity index is 247. The number of aliphatic hydroxyl groups is 1. The van der Waals surface area contributed by atoms with Crippen molar-refractivity contribution in [2.45, 2.75) is 26.0 Å². The van der Waals surface area contributed by atoms with E-state index in [1.807, 2.05) is 13.8 Å². The highest BCUT2D eigenvalue weighted by Gasteiger charge is 2.30. The quantitative estimate of drug-likeness (QED) is 0.601. The molecule has 80 valence electrons. The van der Waals surface area contributed by atoms with Gasteiger partial charge in [0, 0.05) is 26.2 Å². The van der Waals surface area contributed by atoms with E-state index in [4.69, 9.17) is 0 Å². The standard InChI is InChI=1S/C10H18N2O2/c1-7(2)4-10(14)12(3)8-5-11-6-9(8)13/h4,8-9,11,13H,5-6H2,1-3H3/t8-,9-/m1/s1. The predicted octanol–water partition coefficient (Wildman–Crippen LogP) is -0.256. The summed E-state index contributed by atoms with van der Waals surface area (Å²) < 4.78 is 0. The maximum atomic E-state index is 11.6.